The second-order valence-electron chi connectivity index (χ2n) is 11.6. The summed E-state index contributed by atoms with van der Waals surface area (Å²) in [6, 6.07) is 16.7. The van der Waals surface area contributed by atoms with Crippen molar-refractivity contribution in [1.29, 1.82) is 0 Å². The van der Waals surface area contributed by atoms with Crippen LogP contribution in [0.5, 0.6) is 0 Å². The molecule has 0 saturated carbocycles. The summed E-state index contributed by atoms with van der Waals surface area (Å²) in [6.07, 6.45) is 4.10. The molecule has 0 bridgehead atoms. The van der Waals surface area contributed by atoms with Crippen LogP contribution in [0.3, 0.4) is 0 Å². The molecule has 0 atom stereocenters. The van der Waals surface area contributed by atoms with E-state index in [-0.39, 0.29) is 31.3 Å². The van der Waals surface area contributed by atoms with Crippen molar-refractivity contribution >= 4 is 34.5 Å². The number of rotatable bonds is 11. The molecule has 2 aromatic heterocycles. The van der Waals surface area contributed by atoms with Gasteiger partial charge in [0.2, 0.25) is 0 Å². The van der Waals surface area contributed by atoms with Gasteiger partial charge in [-0.05, 0) is 60.0 Å². The molecule has 4 N–H and O–H groups in total. The van der Waals surface area contributed by atoms with Crippen LogP contribution in [0.15, 0.2) is 71.8 Å². The number of aliphatic hydroxyl groups is 3. The van der Waals surface area contributed by atoms with Gasteiger partial charge in [-0.1, -0.05) is 12.1 Å². The normalized spacial score (nSPS) is 14.7. The van der Waals surface area contributed by atoms with Gasteiger partial charge in [0.1, 0.15) is 11.5 Å². The lowest BCUT2D eigenvalue weighted by Gasteiger charge is -2.32. The molecule has 12 heteroatoms. The number of hydrogen-bond acceptors (Lipinski definition) is 10. The Morgan fingerprint density at radius 3 is 2.43 bits per heavy atom. The molecule has 12 nitrogen and oxygen atoms in total. The molecule has 4 aromatic rings. The number of benzene rings is 2. The molecule has 2 aliphatic heterocycles. The minimum absolute atomic E-state index is 0.0451. The Morgan fingerprint density at radius 2 is 1.72 bits per heavy atom. The largest absolute Gasteiger partial charge is 0.395 e. The van der Waals surface area contributed by atoms with Crippen molar-refractivity contribution in [1.82, 2.24) is 9.55 Å². The maximum atomic E-state index is 13.8. The average molecular weight is 641 g/mol. The van der Waals surface area contributed by atoms with Gasteiger partial charge in [0, 0.05) is 68.3 Å². The van der Waals surface area contributed by atoms with Gasteiger partial charge in [0.25, 0.3) is 11.5 Å². The number of fused-ring (bicyclic) bond motifs is 1. The van der Waals surface area contributed by atoms with E-state index in [1.165, 1.54) is 4.57 Å². The molecule has 0 spiro atoms. The Kier molecular flexibility index (Phi) is 9.83. The fraction of sp³-hybridized carbons (Fsp3) is 0.343. The van der Waals surface area contributed by atoms with Gasteiger partial charge in [-0.25, -0.2) is 4.98 Å². The van der Waals surface area contributed by atoms with Crippen LogP contribution >= 0.6 is 0 Å². The molecule has 4 heterocycles. The fourth-order valence-corrected chi connectivity index (χ4v) is 6.33. The third kappa shape index (κ3) is 6.72. The lowest BCUT2D eigenvalue weighted by molar-refractivity contribution is 0.0980. The third-order valence-corrected chi connectivity index (χ3v) is 8.76. The van der Waals surface area contributed by atoms with E-state index in [0.717, 1.165) is 30.0 Å². The molecule has 1 saturated heterocycles. The highest BCUT2D eigenvalue weighted by atomic mass is 16.5. The Hall–Kier alpha value is -4.75. The van der Waals surface area contributed by atoms with Crippen LogP contribution < -0.4 is 25.6 Å². The summed E-state index contributed by atoms with van der Waals surface area (Å²) < 4.78 is 6.93. The zero-order valence-electron chi connectivity index (χ0n) is 26.4. The van der Waals surface area contributed by atoms with E-state index in [9.17, 15) is 24.9 Å². The first kappa shape index (κ1) is 32.2. The predicted molar refractivity (Wildman–Crippen MR) is 182 cm³/mol. The van der Waals surface area contributed by atoms with E-state index in [2.05, 4.69) is 15.2 Å². The van der Waals surface area contributed by atoms with Crippen LogP contribution in [0.4, 0.5) is 28.6 Å². The zero-order chi connectivity index (χ0) is 32.9. The van der Waals surface area contributed by atoms with E-state index in [4.69, 9.17) is 4.74 Å². The number of anilines is 5. The monoisotopic (exact) mass is 640 g/mol. The second-order valence-corrected chi connectivity index (χ2v) is 11.6. The lowest BCUT2D eigenvalue weighted by atomic mass is 9.94. The fourth-order valence-electron chi connectivity index (χ4n) is 6.33. The Balaban J connectivity index is 1.28. The smallest absolute Gasteiger partial charge is 0.274 e. The van der Waals surface area contributed by atoms with Crippen molar-refractivity contribution in [2.24, 2.45) is 7.05 Å². The highest BCUT2D eigenvalue weighted by molar-refractivity contribution is 6.09. The highest BCUT2D eigenvalue weighted by Crippen LogP contribution is 2.35. The molecular formula is C35H40N6O6. The number of aryl methyl sites for hydroxylation is 1. The first-order valence-corrected chi connectivity index (χ1v) is 15.8. The van der Waals surface area contributed by atoms with Crippen molar-refractivity contribution < 1.29 is 24.9 Å². The first-order chi connectivity index (χ1) is 22.9. The number of pyridine rings is 2. The van der Waals surface area contributed by atoms with Crippen LogP contribution in [-0.2, 0) is 24.8 Å². The number of aliphatic hydroxyl groups excluding tert-OH is 3. The summed E-state index contributed by atoms with van der Waals surface area (Å²) in [6.45, 7) is 3.73. The molecule has 6 rings (SSSR count). The van der Waals surface area contributed by atoms with Crippen molar-refractivity contribution in [2.75, 3.05) is 79.2 Å². The standard InChI is InChI=1S/C35H40N6O6/c1-38-22-25(20-31(35(38)46)37-33-8-6-27(21-36-33)40-13-17-47-18-14-40)28-3-2-4-32(30(28)23-44)41-10-9-24-19-26(5-7-29(24)34(41)45)39(11-15-42)12-16-43/h2-8,19-22,42-44H,9-18,23H2,1H3,(H,36,37). The van der Waals surface area contributed by atoms with Crippen LogP contribution in [-0.4, -0.2) is 89.9 Å². The maximum absolute atomic E-state index is 13.8. The van der Waals surface area contributed by atoms with E-state index < -0.39 is 0 Å². The molecule has 0 unspecified atom stereocenters. The summed E-state index contributed by atoms with van der Waals surface area (Å²) >= 11 is 0. The van der Waals surface area contributed by atoms with Gasteiger partial charge in [0.05, 0.1) is 50.6 Å². The lowest BCUT2D eigenvalue weighted by Crippen LogP contribution is -2.38. The maximum Gasteiger partial charge on any atom is 0.274 e. The minimum Gasteiger partial charge on any atom is -0.395 e. The van der Waals surface area contributed by atoms with E-state index in [0.29, 0.717) is 78.7 Å². The van der Waals surface area contributed by atoms with Crippen molar-refractivity contribution in [3.05, 3.63) is 94.0 Å². The zero-order valence-corrected chi connectivity index (χ0v) is 26.4. The molecule has 246 valence electrons. The summed E-state index contributed by atoms with van der Waals surface area (Å²) in [5.74, 6) is 0.360. The SMILES string of the molecule is Cn1cc(-c2cccc(N3CCc4cc(N(CCO)CCO)ccc4C3=O)c2CO)cc(Nc2ccc(N3CCOCC3)cn2)c1=O. The molecule has 47 heavy (non-hydrogen) atoms. The number of ether oxygens (including phenoxy) is 1. The Morgan fingerprint density at radius 1 is 0.936 bits per heavy atom. The Bertz CT molecular complexity index is 1780. The number of carbonyl (C=O) groups excluding carboxylic acids is 1. The van der Waals surface area contributed by atoms with Crippen molar-refractivity contribution in [3.8, 4) is 11.1 Å². The van der Waals surface area contributed by atoms with Crippen LogP contribution in [0, 0.1) is 0 Å². The van der Waals surface area contributed by atoms with Crippen molar-refractivity contribution in [2.45, 2.75) is 13.0 Å². The van der Waals surface area contributed by atoms with Gasteiger partial charge in [-0.2, -0.15) is 0 Å². The summed E-state index contributed by atoms with van der Waals surface area (Å²) in [5.41, 5.74) is 6.00. The van der Waals surface area contributed by atoms with Crippen LogP contribution in [0.1, 0.15) is 21.5 Å². The van der Waals surface area contributed by atoms with E-state index >= 15 is 0 Å². The summed E-state index contributed by atoms with van der Waals surface area (Å²) in [4.78, 5) is 37.3. The topological polar surface area (TPSA) is 144 Å². The minimum atomic E-state index is -0.311. The first-order valence-electron chi connectivity index (χ1n) is 15.8. The predicted octanol–water partition coefficient (Wildman–Crippen LogP) is 2.51. The van der Waals surface area contributed by atoms with Crippen molar-refractivity contribution in [3.63, 3.8) is 0 Å². The van der Waals surface area contributed by atoms with Gasteiger partial charge >= 0.3 is 0 Å². The van der Waals surface area contributed by atoms with Gasteiger partial charge in [-0.3, -0.25) is 9.59 Å². The molecule has 0 radical (unpaired) electrons. The summed E-state index contributed by atoms with van der Waals surface area (Å²) in [5, 5.41) is 32.7. The molecule has 2 aliphatic rings. The second kappa shape index (κ2) is 14.3. The number of nitrogens with one attached hydrogen (secondary N) is 1. The number of carbonyl (C=O) groups is 1. The van der Waals surface area contributed by atoms with Gasteiger partial charge in [-0.15, -0.1) is 0 Å². The van der Waals surface area contributed by atoms with Crippen LogP contribution in [0.25, 0.3) is 11.1 Å². The van der Waals surface area contributed by atoms with Gasteiger partial charge < -0.3 is 44.6 Å². The van der Waals surface area contributed by atoms with Gasteiger partial charge in [0.15, 0.2) is 0 Å². The molecule has 1 amide bonds. The van der Waals surface area contributed by atoms with E-state index in [1.807, 2.05) is 47.4 Å². The van der Waals surface area contributed by atoms with E-state index in [1.54, 1.807) is 36.5 Å². The number of amides is 1. The molecule has 1 fully saturated rings. The molecule has 0 aliphatic carbocycles. The highest BCUT2D eigenvalue weighted by Gasteiger charge is 2.28. The Labute approximate surface area is 273 Å². The number of hydrogen-bond donors (Lipinski definition) is 4. The number of nitrogens with zero attached hydrogens (tertiary/aromatic N) is 5. The molecule has 2 aromatic carbocycles. The van der Waals surface area contributed by atoms with Crippen LogP contribution in [0.2, 0.25) is 0 Å². The summed E-state index contributed by atoms with van der Waals surface area (Å²) in [7, 11) is 1.68. The third-order valence-electron chi connectivity index (χ3n) is 8.76. The quantitative estimate of drug-likeness (QED) is 0.193. The molecular weight excluding hydrogens is 600 g/mol. The number of aromatic nitrogens is 2. The average Bonchev–Trinajstić information content (AvgIpc) is 3.10. The number of morpholine rings is 1.